The molecule has 810 valence electrons. The smallest absolute Gasteiger partial charge is 0.409 e. The number of rotatable bonds is 70. The van der Waals surface area contributed by atoms with Gasteiger partial charge in [-0.3, -0.25) is 72.7 Å². The molecule has 10 N–H and O–H groups in total. The van der Waals surface area contributed by atoms with Crippen molar-refractivity contribution in [3.63, 3.8) is 0 Å². The SMILES string of the molecule is COc1cc2cc(c1Cl)N(C)C(=O)C[C@H](OC(=O)[C@H](C)N(C)C(=O)CCSC1CC(=O)N(CC(=O)NC(CNC(=O)CCOCCOCCOCCOCCOCCOCCC(=O)NC3CC(C(=O)NC(CO)C(=O)NCCOCCOCCOCCOCCOCCOCCOCCO)N(C(=O)CCCCCN4C(=O)C=CC4=O)C3)C(=O)O)C1=O)[C@]1(C)O[C@H]1[C@H](C)[C@@H]1C[C@@](O)(NC(=O)O1)[C@H](OC)/C=C/C=C(\C)C2. The second kappa shape index (κ2) is 65.9. The van der Waals surface area contributed by atoms with Crippen molar-refractivity contribution >= 4 is 118 Å². The Bertz CT molecular complexity index is 4370. The second-order valence-corrected chi connectivity index (χ2v) is 36.2. The summed E-state index contributed by atoms with van der Waals surface area (Å²) < 4.78 is 101. The minimum Gasteiger partial charge on any atom is -0.495 e. The van der Waals surface area contributed by atoms with Crippen LogP contribution in [0.25, 0.3) is 0 Å². The van der Waals surface area contributed by atoms with Crippen molar-refractivity contribution in [3.8, 4) is 5.75 Å². The lowest BCUT2D eigenvalue weighted by Gasteiger charge is -2.42. The van der Waals surface area contributed by atoms with E-state index < -0.39 is 192 Å². The Morgan fingerprint density at radius 1 is 0.660 bits per heavy atom. The highest BCUT2D eigenvalue weighted by Crippen LogP contribution is 2.49. The maximum Gasteiger partial charge on any atom is 0.409 e. The average molecular weight is 2090 g/mol. The highest BCUT2D eigenvalue weighted by molar-refractivity contribution is 8.00. The zero-order chi connectivity index (χ0) is 105. The predicted molar refractivity (Wildman–Crippen MR) is 511 cm³/mol. The lowest BCUT2D eigenvalue weighted by atomic mass is 9.83. The molecule has 7 rings (SSSR count). The number of thioether (sulfide) groups is 1. The number of alkyl carbamates (subject to hydrolysis) is 1. The van der Waals surface area contributed by atoms with Crippen LogP contribution in [0.1, 0.15) is 104 Å². The maximum absolute atomic E-state index is 14.5. The molecule has 4 saturated heterocycles. The summed E-state index contributed by atoms with van der Waals surface area (Å²) in [5, 5.41) is 54.9. The number of hydrogen-bond acceptors (Lipinski definition) is 37. The number of imide groups is 2. The molecular formula is C94H144ClN11O37S. The molecule has 0 radical (unpaired) electrons. The van der Waals surface area contributed by atoms with Gasteiger partial charge in [-0.1, -0.05) is 48.7 Å². The van der Waals surface area contributed by atoms with Crippen LogP contribution in [0.15, 0.2) is 48.1 Å². The Morgan fingerprint density at radius 2 is 1.21 bits per heavy atom. The van der Waals surface area contributed by atoms with Crippen LogP contribution in [0.5, 0.6) is 5.75 Å². The predicted octanol–water partition coefficient (Wildman–Crippen LogP) is -1.40. The van der Waals surface area contributed by atoms with Gasteiger partial charge in [0.1, 0.15) is 65.4 Å². The van der Waals surface area contributed by atoms with E-state index in [1.165, 1.54) is 57.2 Å². The first kappa shape index (κ1) is 121. The summed E-state index contributed by atoms with van der Waals surface area (Å²) in [4.78, 5) is 204. The third-order valence-electron chi connectivity index (χ3n) is 23.9. The number of aliphatic carboxylic acids is 1. The van der Waals surface area contributed by atoms with Crippen molar-refractivity contribution in [2.24, 2.45) is 5.92 Å². The minimum absolute atomic E-state index is 0.00634. The van der Waals surface area contributed by atoms with E-state index in [1.54, 1.807) is 44.2 Å². The number of hydrogen-bond donors (Lipinski definition) is 10. The number of carboxylic acids is 1. The number of fused-ring (bicyclic) bond motifs is 5. The van der Waals surface area contributed by atoms with Gasteiger partial charge < -0.3 is 147 Å². The van der Waals surface area contributed by atoms with Gasteiger partial charge in [-0.2, -0.15) is 0 Å². The number of allylic oxidation sites excluding steroid dienone is 3. The van der Waals surface area contributed by atoms with Crippen molar-refractivity contribution < 1.29 is 178 Å². The minimum atomic E-state index is -1.94. The zero-order valence-corrected chi connectivity index (χ0v) is 84.8. The van der Waals surface area contributed by atoms with E-state index in [0.717, 1.165) is 32.7 Å². The molecule has 4 fully saturated rings. The number of epoxide rings is 1. The number of ether oxygens (including phenoxy) is 18. The number of nitrogens with one attached hydrogen (secondary N) is 6. The maximum atomic E-state index is 14.5. The van der Waals surface area contributed by atoms with Gasteiger partial charge in [0.15, 0.2) is 5.72 Å². The third-order valence-corrected chi connectivity index (χ3v) is 25.5. The van der Waals surface area contributed by atoms with E-state index in [-0.39, 0.29) is 199 Å². The third kappa shape index (κ3) is 42.0. The molecule has 0 spiro atoms. The molecule has 13 atom stereocenters. The number of aliphatic hydroxyl groups excluding tert-OH is 2. The van der Waals surface area contributed by atoms with E-state index in [0.29, 0.717) is 96.7 Å². The van der Waals surface area contributed by atoms with E-state index in [4.69, 9.17) is 102 Å². The van der Waals surface area contributed by atoms with Crippen molar-refractivity contribution in [2.75, 3.05) is 257 Å². The van der Waals surface area contributed by atoms with Gasteiger partial charge >= 0.3 is 18.0 Å². The van der Waals surface area contributed by atoms with Crippen LogP contribution in [0.3, 0.4) is 0 Å². The van der Waals surface area contributed by atoms with Crippen molar-refractivity contribution in [3.05, 3.63) is 58.7 Å². The standard InChI is InChI=1S/C94H144ClN11O37S/c1-62-13-12-14-74(127-8)94(125)57-72(141-92(124)101-94)63(2)86-93(4,143-86)75(56-83(116)103(6)69-52-65(51-62)53-71(126-7)85(69)95)142-91(123)64(3)102(5)79(112)20-50-144-73-55-84(117)106(89(73)120)60-78(111)99-67(90(121)122)58-97-76(109)18-24-128-28-32-132-36-40-136-44-45-137-41-37-133-33-29-129-25-19-77(110)98-66-54-70(105(59-66)80(113)15-10-9-11-22-104-81(114)16-17-82(104)115)88(119)100-68(61-108)87(118)96-21-26-130-30-34-134-38-42-138-46-48-140-49-47-139-43-39-135-35-31-131-27-23-107/h12-14,16-17,52-53,63-64,66-68,70,72-75,86,107-108,125H,9-11,15,18-51,54-61H2,1-8H3,(H,96,118)(H,97,109)(H,98,110)(H,99,111)(H,100,119)(H,101,124)(H,121,122)/b14-12+,62-13+/t63-,64+,66?,67?,68?,70?,72+,73?,74-,75+,86+,93+,94+/m1/s1. The second-order valence-electron chi connectivity index (χ2n) is 34.6. The number of unbranched alkanes of at least 4 members (excludes halogenated alkanes) is 2. The Morgan fingerprint density at radius 3 is 1.75 bits per heavy atom. The Kier molecular flexibility index (Phi) is 55.5. The molecule has 0 saturated carbocycles. The number of esters is 1. The molecule has 6 heterocycles. The van der Waals surface area contributed by atoms with Gasteiger partial charge in [-0.15, -0.1) is 11.8 Å². The largest absolute Gasteiger partial charge is 0.495 e. The molecule has 0 aromatic heterocycles. The molecule has 0 aliphatic carbocycles. The fourth-order valence-corrected chi connectivity index (χ4v) is 17.1. The Balaban J connectivity index is 0.694. The first-order valence-corrected chi connectivity index (χ1v) is 49.6. The average Bonchev–Trinajstić information content (AvgIpc) is 1.57. The number of nitrogens with zero attached hydrogens (tertiary/aromatic N) is 5. The number of amides is 13. The van der Waals surface area contributed by atoms with Gasteiger partial charge in [0.25, 0.3) is 11.8 Å². The molecule has 6 aliphatic rings. The topological polar surface area (TPSA) is 595 Å². The zero-order valence-electron chi connectivity index (χ0n) is 83.2. The first-order chi connectivity index (χ1) is 69.2. The molecule has 50 heteroatoms. The Labute approximate surface area is 846 Å². The number of carbonyl (C=O) groups is 15. The molecule has 1 aromatic rings. The number of anilines is 1. The lowest BCUT2D eigenvalue weighted by Crippen LogP contribution is -2.63. The fourth-order valence-electron chi connectivity index (χ4n) is 15.7. The van der Waals surface area contributed by atoms with E-state index in [1.807, 2.05) is 6.92 Å². The van der Waals surface area contributed by atoms with Crippen molar-refractivity contribution in [1.29, 1.82) is 0 Å². The number of carboxylic acid groups (broad SMARTS) is 1. The van der Waals surface area contributed by atoms with Crippen LogP contribution >= 0.6 is 23.4 Å². The fraction of sp³-hybridized carbons (Fsp3) is 0.713. The van der Waals surface area contributed by atoms with Crippen LogP contribution in [0.4, 0.5) is 10.5 Å². The summed E-state index contributed by atoms with van der Waals surface area (Å²) in [5.41, 5.74) is -1.47. The summed E-state index contributed by atoms with van der Waals surface area (Å²) in [6.45, 7) is 11.5. The van der Waals surface area contributed by atoms with Gasteiger partial charge in [0.2, 0.25) is 59.1 Å². The van der Waals surface area contributed by atoms with Crippen LogP contribution in [0, 0.1) is 5.92 Å². The number of aliphatic hydroxyl groups is 3. The molecular weight excluding hydrogens is 1940 g/mol. The summed E-state index contributed by atoms with van der Waals surface area (Å²) in [6, 6.07) is -2.60. The van der Waals surface area contributed by atoms with Gasteiger partial charge in [0.05, 0.1) is 216 Å². The van der Waals surface area contributed by atoms with Crippen molar-refractivity contribution in [2.45, 2.75) is 176 Å². The number of halogens is 1. The molecule has 4 bridgehead atoms. The monoisotopic (exact) mass is 2090 g/mol. The summed E-state index contributed by atoms with van der Waals surface area (Å²) >= 11 is 7.80. The lowest BCUT2D eigenvalue weighted by molar-refractivity contribution is -0.162. The normalized spacial score (nSPS) is 22.4. The van der Waals surface area contributed by atoms with Crippen molar-refractivity contribution in [1.82, 2.24) is 51.5 Å². The molecule has 13 amide bonds. The molecule has 5 unspecified atom stereocenters. The van der Waals surface area contributed by atoms with Crippen LogP contribution in [-0.2, 0) is 154 Å². The number of likely N-dealkylation sites (tertiary alicyclic amines) is 2. The van der Waals surface area contributed by atoms with E-state index >= 15 is 0 Å². The molecule has 6 aliphatic heterocycles. The van der Waals surface area contributed by atoms with Crippen LogP contribution in [-0.4, -0.2) is 452 Å². The van der Waals surface area contributed by atoms with E-state index in [2.05, 4.69) is 31.9 Å². The Hall–Kier alpha value is -9.59. The number of benzene rings is 1. The van der Waals surface area contributed by atoms with Gasteiger partial charge in [0, 0.05) is 116 Å². The summed E-state index contributed by atoms with van der Waals surface area (Å²) in [7, 11) is 5.67. The first-order valence-electron chi connectivity index (χ1n) is 48.2. The van der Waals surface area contributed by atoms with Crippen LogP contribution in [0.2, 0.25) is 5.02 Å². The van der Waals surface area contributed by atoms with Gasteiger partial charge in [-0.25, -0.2) is 14.4 Å². The highest BCUT2D eigenvalue weighted by atomic mass is 35.5. The van der Waals surface area contributed by atoms with Crippen LogP contribution < -0.4 is 41.5 Å². The quantitative estimate of drug-likeness (QED) is 0.0155. The van der Waals surface area contributed by atoms with Gasteiger partial charge in [-0.05, 0) is 64.2 Å². The van der Waals surface area contributed by atoms with E-state index in [9.17, 15) is 87.2 Å². The molecule has 48 nitrogen and oxygen atoms in total. The number of likely N-dealkylation sites (N-methyl/N-ethyl adjacent to an activating group) is 1. The molecule has 1 aromatic carbocycles. The number of methoxy groups -OCH3 is 2. The number of carbonyl (C=O) groups excluding carboxylic acids is 14. The highest BCUT2D eigenvalue weighted by Gasteiger charge is 2.65. The summed E-state index contributed by atoms with van der Waals surface area (Å²) in [6.07, 6.45) is 2.66. The molecule has 144 heavy (non-hydrogen) atoms. The summed E-state index contributed by atoms with van der Waals surface area (Å²) in [5.74, 6) is -10.1.